The lowest BCUT2D eigenvalue weighted by Crippen LogP contribution is -2.11. The second-order valence-corrected chi connectivity index (χ2v) is 5.75. The van der Waals surface area contributed by atoms with Gasteiger partial charge >= 0.3 is 0 Å². The first kappa shape index (κ1) is 14.3. The molecule has 0 heterocycles. The van der Waals surface area contributed by atoms with E-state index >= 15 is 0 Å². The summed E-state index contributed by atoms with van der Waals surface area (Å²) in [6, 6.07) is 15.5. The van der Waals surface area contributed by atoms with Gasteiger partial charge in [0.25, 0.3) is 0 Å². The third kappa shape index (κ3) is 2.25. The molecule has 2 aromatic carbocycles. The third-order valence-corrected chi connectivity index (χ3v) is 3.96. The number of rotatable bonds is 3. The summed E-state index contributed by atoms with van der Waals surface area (Å²) in [6.07, 6.45) is 0. The molecule has 2 aromatic rings. The van der Waals surface area contributed by atoms with Gasteiger partial charge in [-0.15, -0.1) is 0 Å². The lowest BCUT2D eigenvalue weighted by molar-refractivity contribution is 0.390. The molecular formula is C19H19NO2. The van der Waals surface area contributed by atoms with E-state index in [1.807, 2.05) is 74.4 Å². The molecule has 0 aliphatic heterocycles. The van der Waals surface area contributed by atoms with Crippen molar-refractivity contribution >= 4 is 16.8 Å². The van der Waals surface area contributed by atoms with Crippen LogP contribution in [0.5, 0.6) is 0 Å². The lowest BCUT2D eigenvalue weighted by atomic mass is 9.84. The molecule has 0 aromatic heterocycles. The minimum atomic E-state index is 0.152. The maximum absolute atomic E-state index is 10.3. The molecule has 0 amide bonds. The number of anilines is 1. The molecule has 2 N–H and O–H groups in total. The summed E-state index contributed by atoms with van der Waals surface area (Å²) in [5.74, 6) is 0.304. The van der Waals surface area contributed by atoms with Crippen LogP contribution in [-0.4, -0.2) is 24.3 Å². The molecule has 3 nitrogen and oxygen atoms in total. The Bertz CT molecular complexity index is 766. The van der Waals surface area contributed by atoms with Crippen molar-refractivity contribution in [1.29, 1.82) is 0 Å². The van der Waals surface area contributed by atoms with Crippen LogP contribution >= 0.6 is 0 Å². The van der Waals surface area contributed by atoms with Crippen LogP contribution in [0.4, 0.5) is 5.69 Å². The Hall–Kier alpha value is -2.68. The first-order valence-corrected chi connectivity index (χ1v) is 7.21. The van der Waals surface area contributed by atoms with Gasteiger partial charge in [0, 0.05) is 19.8 Å². The zero-order valence-electron chi connectivity index (χ0n) is 13.0. The first-order valence-electron chi connectivity index (χ1n) is 7.21. The van der Waals surface area contributed by atoms with Gasteiger partial charge < -0.3 is 15.1 Å². The summed E-state index contributed by atoms with van der Waals surface area (Å²) in [4.78, 5) is 2.01. The van der Waals surface area contributed by atoms with Gasteiger partial charge in [0.1, 0.15) is 11.5 Å². The van der Waals surface area contributed by atoms with Gasteiger partial charge in [0.2, 0.25) is 0 Å². The first-order chi connectivity index (χ1) is 10.5. The highest BCUT2D eigenvalue weighted by atomic mass is 16.3. The lowest BCUT2D eigenvalue weighted by Gasteiger charge is -2.24. The fourth-order valence-corrected chi connectivity index (χ4v) is 2.61. The highest BCUT2D eigenvalue weighted by Gasteiger charge is 2.31. The average Bonchev–Trinajstić information content (AvgIpc) is 2.50. The number of aryl methyl sites for hydroxylation is 1. The summed E-state index contributed by atoms with van der Waals surface area (Å²) in [7, 11) is 3.95. The number of benzene rings is 2. The number of aliphatic hydroxyl groups is 2. The van der Waals surface area contributed by atoms with Gasteiger partial charge in [-0.05, 0) is 30.2 Å². The van der Waals surface area contributed by atoms with Crippen LogP contribution in [0.3, 0.4) is 0 Å². The van der Waals surface area contributed by atoms with Crippen molar-refractivity contribution in [2.24, 2.45) is 0 Å². The van der Waals surface area contributed by atoms with Gasteiger partial charge in [-0.3, -0.25) is 0 Å². The predicted molar refractivity (Wildman–Crippen MR) is 91.0 cm³/mol. The maximum atomic E-state index is 10.3. The summed E-state index contributed by atoms with van der Waals surface area (Å²) in [5.41, 5.74) is 4.90. The molecule has 0 saturated carbocycles. The average molecular weight is 293 g/mol. The van der Waals surface area contributed by atoms with Crippen LogP contribution in [-0.2, 0) is 0 Å². The number of allylic oxidation sites excluding steroid dienone is 2. The predicted octanol–water partition coefficient (Wildman–Crippen LogP) is 4.31. The molecule has 22 heavy (non-hydrogen) atoms. The van der Waals surface area contributed by atoms with Gasteiger partial charge in [0.05, 0.1) is 11.1 Å². The van der Waals surface area contributed by atoms with E-state index in [2.05, 4.69) is 0 Å². The second-order valence-electron chi connectivity index (χ2n) is 5.75. The van der Waals surface area contributed by atoms with Crippen LogP contribution in [0.15, 0.2) is 60.0 Å². The van der Waals surface area contributed by atoms with Crippen LogP contribution in [0.25, 0.3) is 11.1 Å². The zero-order chi connectivity index (χ0) is 15.9. The van der Waals surface area contributed by atoms with Crippen molar-refractivity contribution in [1.82, 2.24) is 0 Å². The van der Waals surface area contributed by atoms with E-state index in [9.17, 15) is 10.2 Å². The molecule has 0 fully saturated rings. The van der Waals surface area contributed by atoms with E-state index in [-0.39, 0.29) is 11.5 Å². The smallest absolute Gasteiger partial charge is 0.138 e. The SMILES string of the molecule is Cc1ccc(C2=C(O)C(c3ccc(N(C)C)cc3)=C2O)cc1. The van der Waals surface area contributed by atoms with Crippen LogP contribution in [0, 0.1) is 6.92 Å². The third-order valence-electron chi connectivity index (χ3n) is 3.96. The van der Waals surface area contributed by atoms with Crippen molar-refractivity contribution in [2.75, 3.05) is 19.0 Å². The Morgan fingerprint density at radius 3 is 1.50 bits per heavy atom. The molecule has 0 atom stereocenters. The zero-order valence-corrected chi connectivity index (χ0v) is 13.0. The fourth-order valence-electron chi connectivity index (χ4n) is 2.61. The van der Waals surface area contributed by atoms with Crippen LogP contribution in [0.2, 0.25) is 0 Å². The second kappa shape index (κ2) is 5.26. The van der Waals surface area contributed by atoms with Crippen LogP contribution < -0.4 is 4.90 Å². The molecular weight excluding hydrogens is 274 g/mol. The monoisotopic (exact) mass is 293 g/mol. The number of nitrogens with zero attached hydrogens (tertiary/aromatic N) is 1. The Morgan fingerprint density at radius 2 is 1.09 bits per heavy atom. The molecule has 1 aliphatic rings. The van der Waals surface area contributed by atoms with E-state index in [1.165, 1.54) is 0 Å². The Morgan fingerprint density at radius 1 is 0.682 bits per heavy atom. The van der Waals surface area contributed by atoms with Gasteiger partial charge in [-0.25, -0.2) is 0 Å². The molecule has 112 valence electrons. The Balaban J connectivity index is 1.92. The highest BCUT2D eigenvalue weighted by molar-refractivity contribution is 6.06. The normalized spacial score (nSPS) is 14.1. The standard InChI is InChI=1S/C19H19NO2/c1-12-4-6-13(7-5-12)16-18(21)17(19(16)22)14-8-10-15(11-9-14)20(2)3/h4-11,21-22H,1-3H3. The van der Waals surface area contributed by atoms with Crippen molar-refractivity contribution in [2.45, 2.75) is 6.92 Å². The number of aliphatic hydroxyl groups excluding tert-OH is 2. The van der Waals surface area contributed by atoms with E-state index in [0.717, 1.165) is 22.4 Å². The largest absolute Gasteiger partial charge is 0.506 e. The minimum absolute atomic E-state index is 0.152. The molecule has 0 radical (unpaired) electrons. The molecule has 3 heteroatoms. The summed E-state index contributed by atoms with van der Waals surface area (Å²) >= 11 is 0. The summed E-state index contributed by atoms with van der Waals surface area (Å²) in [6.45, 7) is 2.01. The van der Waals surface area contributed by atoms with E-state index in [0.29, 0.717) is 11.1 Å². The number of hydrogen-bond donors (Lipinski definition) is 2. The summed E-state index contributed by atoms with van der Waals surface area (Å²) in [5, 5.41) is 20.7. The Kier molecular flexibility index (Phi) is 3.41. The van der Waals surface area contributed by atoms with Gasteiger partial charge in [0.15, 0.2) is 0 Å². The summed E-state index contributed by atoms with van der Waals surface area (Å²) < 4.78 is 0. The van der Waals surface area contributed by atoms with Crippen molar-refractivity contribution in [3.8, 4) is 0 Å². The van der Waals surface area contributed by atoms with Crippen LogP contribution in [0.1, 0.15) is 16.7 Å². The molecule has 0 unspecified atom stereocenters. The molecule has 0 bridgehead atoms. The fraction of sp³-hybridized carbons (Fsp3) is 0.158. The van der Waals surface area contributed by atoms with Gasteiger partial charge in [-0.1, -0.05) is 42.0 Å². The quantitative estimate of drug-likeness (QED) is 0.886. The van der Waals surface area contributed by atoms with Gasteiger partial charge in [-0.2, -0.15) is 0 Å². The molecule has 0 spiro atoms. The molecule has 1 aliphatic carbocycles. The van der Waals surface area contributed by atoms with Crippen molar-refractivity contribution < 1.29 is 10.2 Å². The van der Waals surface area contributed by atoms with Crippen molar-refractivity contribution in [3.63, 3.8) is 0 Å². The van der Waals surface area contributed by atoms with E-state index < -0.39 is 0 Å². The molecule has 0 saturated heterocycles. The minimum Gasteiger partial charge on any atom is -0.506 e. The van der Waals surface area contributed by atoms with Crippen molar-refractivity contribution in [3.05, 3.63) is 76.7 Å². The van der Waals surface area contributed by atoms with E-state index in [1.54, 1.807) is 0 Å². The highest BCUT2D eigenvalue weighted by Crippen LogP contribution is 2.44. The maximum Gasteiger partial charge on any atom is 0.138 e. The Labute approximate surface area is 130 Å². The topological polar surface area (TPSA) is 43.7 Å². The van der Waals surface area contributed by atoms with E-state index in [4.69, 9.17) is 0 Å². The molecule has 3 rings (SSSR count). The number of hydrogen-bond acceptors (Lipinski definition) is 3.